The second-order valence-corrected chi connectivity index (χ2v) is 16.0. The van der Waals surface area contributed by atoms with Gasteiger partial charge < -0.3 is 62.3 Å². The number of carbonyl (C=O) groups is 8. The largest absolute Gasteiger partial charge is 0.480 e. The number of nitrogens with one attached hydrogen (secondary N) is 5. The van der Waals surface area contributed by atoms with Crippen molar-refractivity contribution in [1.82, 2.24) is 31.5 Å². The molecule has 1 aliphatic rings. The number of likely N-dealkylation sites (tertiary alicyclic amines) is 1. The SMILES string of the molecule is CSCC[C@H](NC(=O)c1ccc([18F])cc1)C(=O)N[C@@H](CCC(N)=O)C(=O)N[C@@H](CO)C(=O)N[C@H](C(=O)N1CCC[C@H]1C(=O)N[C@@H](CC(C)C)C(=O)O)C(O)OP(=O)(O)O. The zero-order valence-corrected chi connectivity index (χ0v) is 34.1. The highest BCUT2D eigenvalue weighted by atomic mass is 32.2. The fourth-order valence-corrected chi connectivity index (χ4v) is 6.67. The first-order chi connectivity index (χ1) is 27.6. The Morgan fingerprint density at radius 3 is 2.02 bits per heavy atom. The molecule has 12 N–H and O–H groups in total. The number of phosphoric acid groups is 1. The summed E-state index contributed by atoms with van der Waals surface area (Å²) in [6, 6.07) is -5.61. The zero-order chi connectivity index (χ0) is 44.6. The highest BCUT2D eigenvalue weighted by Gasteiger charge is 2.44. The number of halogens is 1. The Balaban J connectivity index is 2.33. The molecule has 0 spiro atoms. The number of hydrogen-bond acceptors (Lipinski definition) is 13. The first-order valence-corrected chi connectivity index (χ1v) is 21.1. The third kappa shape index (κ3) is 16.8. The smallest absolute Gasteiger partial charge is 0.472 e. The van der Waals surface area contributed by atoms with E-state index in [1.165, 1.54) is 23.9 Å². The van der Waals surface area contributed by atoms with Crippen molar-refractivity contribution in [3.05, 3.63) is 35.6 Å². The van der Waals surface area contributed by atoms with Gasteiger partial charge in [-0.05, 0) is 74.3 Å². The van der Waals surface area contributed by atoms with Gasteiger partial charge in [0.25, 0.3) is 11.8 Å². The lowest BCUT2D eigenvalue weighted by Crippen LogP contribution is -2.62. The monoisotopic (exact) mass is 878 g/mol. The quantitative estimate of drug-likeness (QED) is 0.0375. The number of phosphoric ester groups is 1. The van der Waals surface area contributed by atoms with Gasteiger partial charge in [-0.1, -0.05) is 13.8 Å². The molecule has 2 rings (SSSR count). The summed E-state index contributed by atoms with van der Waals surface area (Å²) in [6.07, 6.45) is -1.77. The lowest BCUT2D eigenvalue weighted by Gasteiger charge is -2.32. The molecule has 1 aromatic rings. The van der Waals surface area contributed by atoms with Crippen molar-refractivity contribution < 1.29 is 76.9 Å². The number of aliphatic hydroxyl groups excluding tert-OH is 2. The van der Waals surface area contributed by atoms with Gasteiger partial charge in [-0.15, -0.1) is 0 Å². The predicted octanol–water partition coefficient (Wildman–Crippen LogP) is -2.58. The van der Waals surface area contributed by atoms with Crippen molar-refractivity contribution in [1.29, 1.82) is 0 Å². The van der Waals surface area contributed by atoms with Gasteiger partial charge in [0.2, 0.25) is 29.5 Å². The van der Waals surface area contributed by atoms with Crippen LogP contribution < -0.4 is 32.3 Å². The van der Waals surface area contributed by atoms with E-state index in [9.17, 15) is 72.4 Å². The molecule has 330 valence electrons. The number of carboxylic acid groups (broad SMARTS) is 1. The number of carboxylic acids is 1. The predicted molar refractivity (Wildman–Crippen MR) is 205 cm³/mol. The van der Waals surface area contributed by atoms with Crippen LogP contribution in [0.25, 0.3) is 0 Å². The van der Waals surface area contributed by atoms with Crippen molar-refractivity contribution in [3.8, 4) is 0 Å². The van der Waals surface area contributed by atoms with E-state index in [4.69, 9.17) is 5.73 Å². The molecule has 1 heterocycles. The Bertz CT molecular complexity index is 1720. The van der Waals surface area contributed by atoms with Gasteiger partial charge in [0.1, 0.15) is 36.0 Å². The number of aliphatic hydroxyl groups is 2. The van der Waals surface area contributed by atoms with E-state index in [0.29, 0.717) is 5.75 Å². The molecule has 7 atom stereocenters. The van der Waals surface area contributed by atoms with Crippen LogP contribution in [0, 0.1) is 11.7 Å². The summed E-state index contributed by atoms with van der Waals surface area (Å²) in [4.78, 5) is 123. The van der Waals surface area contributed by atoms with Crippen molar-refractivity contribution >= 4 is 66.9 Å². The molecule has 0 radical (unpaired) electrons. The van der Waals surface area contributed by atoms with Gasteiger partial charge in [0.05, 0.1) is 6.61 Å². The van der Waals surface area contributed by atoms with E-state index in [2.05, 4.69) is 25.8 Å². The number of amides is 7. The third-order valence-corrected chi connectivity index (χ3v) is 9.86. The van der Waals surface area contributed by atoms with E-state index in [1.54, 1.807) is 20.1 Å². The summed E-state index contributed by atoms with van der Waals surface area (Å²) in [7, 11) is -5.56. The lowest BCUT2D eigenvalue weighted by molar-refractivity contribution is -0.152. The fourth-order valence-electron chi connectivity index (χ4n) is 5.79. The maximum absolute atomic E-state index is 13.8. The number of benzene rings is 1. The molecular weight excluding hydrogens is 827 g/mol. The maximum atomic E-state index is 13.8. The number of thioether (sulfide) groups is 1. The van der Waals surface area contributed by atoms with Crippen LogP contribution in [-0.2, 0) is 42.7 Å². The summed E-state index contributed by atoms with van der Waals surface area (Å²) in [5.74, 6) is -9.22. The summed E-state index contributed by atoms with van der Waals surface area (Å²) >= 11 is 1.32. The molecule has 1 aliphatic heterocycles. The summed E-state index contributed by atoms with van der Waals surface area (Å²) in [5.41, 5.74) is 5.27. The average molecular weight is 879 g/mol. The topological polar surface area (TPSA) is 353 Å². The molecule has 7 amide bonds. The first-order valence-electron chi connectivity index (χ1n) is 18.2. The van der Waals surface area contributed by atoms with E-state index < -0.39 is 123 Å². The second kappa shape index (κ2) is 23.8. The van der Waals surface area contributed by atoms with Crippen LogP contribution in [0.2, 0.25) is 0 Å². The minimum Gasteiger partial charge on any atom is -0.480 e. The fraction of sp³-hybridized carbons (Fsp3) is 0.588. The molecule has 25 heteroatoms. The number of hydrogen-bond donors (Lipinski definition) is 11. The summed E-state index contributed by atoms with van der Waals surface area (Å²) in [5, 5.41) is 41.6. The maximum Gasteiger partial charge on any atom is 0.472 e. The molecule has 1 unspecified atom stereocenters. The summed E-state index contributed by atoms with van der Waals surface area (Å²) < 4.78 is 29.3. The molecule has 0 aliphatic carbocycles. The highest BCUT2D eigenvalue weighted by molar-refractivity contribution is 7.98. The van der Waals surface area contributed by atoms with Gasteiger partial charge in [-0.3, -0.25) is 38.1 Å². The summed E-state index contributed by atoms with van der Waals surface area (Å²) in [6.45, 7) is 2.02. The lowest BCUT2D eigenvalue weighted by atomic mass is 10.0. The van der Waals surface area contributed by atoms with Crippen molar-refractivity contribution in [2.75, 3.05) is 25.2 Å². The molecule has 59 heavy (non-hydrogen) atoms. The average Bonchev–Trinajstić information content (AvgIpc) is 3.65. The number of aliphatic carboxylic acids is 1. The van der Waals surface area contributed by atoms with E-state index in [1.807, 2.05) is 5.32 Å². The van der Waals surface area contributed by atoms with Gasteiger partial charge in [-0.25, -0.2) is 13.8 Å². The molecule has 0 saturated carbocycles. The van der Waals surface area contributed by atoms with Crippen LogP contribution >= 0.6 is 19.6 Å². The minimum absolute atomic E-state index is 0.0104. The highest BCUT2D eigenvalue weighted by Crippen LogP contribution is 2.38. The van der Waals surface area contributed by atoms with Gasteiger partial charge in [0, 0.05) is 18.5 Å². The zero-order valence-electron chi connectivity index (χ0n) is 32.4. The van der Waals surface area contributed by atoms with Crippen LogP contribution in [0.1, 0.15) is 62.7 Å². The molecule has 0 bridgehead atoms. The van der Waals surface area contributed by atoms with Crippen molar-refractivity contribution in [3.63, 3.8) is 0 Å². The molecule has 1 fully saturated rings. The molecular formula is C34H51FN7O15PS. The molecule has 1 aromatic carbocycles. The second-order valence-electron chi connectivity index (χ2n) is 13.8. The van der Waals surface area contributed by atoms with Crippen LogP contribution in [-0.4, -0.2) is 145 Å². The number of rotatable bonds is 24. The number of nitrogens with zero attached hydrogens (tertiary/aromatic N) is 1. The van der Waals surface area contributed by atoms with Crippen LogP contribution in [0.4, 0.5) is 4.39 Å². The third-order valence-electron chi connectivity index (χ3n) is 8.72. The van der Waals surface area contributed by atoms with E-state index >= 15 is 0 Å². The molecule has 0 aromatic heterocycles. The van der Waals surface area contributed by atoms with Crippen LogP contribution in [0.15, 0.2) is 24.3 Å². The Labute approximate surface area is 342 Å². The van der Waals surface area contributed by atoms with Gasteiger partial charge in [-0.2, -0.15) is 11.8 Å². The first kappa shape index (κ1) is 50.4. The molecule has 22 nitrogen and oxygen atoms in total. The van der Waals surface area contributed by atoms with Crippen molar-refractivity contribution in [2.24, 2.45) is 11.7 Å². The van der Waals surface area contributed by atoms with Crippen LogP contribution in [0.5, 0.6) is 0 Å². The van der Waals surface area contributed by atoms with E-state index in [0.717, 1.165) is 17.0 Å². The Morgan fingerprint density at radius 2 is 1.49 bits per heavy atom. The Morgan fingerprint density at radius 1 is 0.915 bits per heavy atom. The van der Waals surface area contributed by atoms with Crippen molar-refractivity contribution in [2.45, 2.75) is 94.9 Å². The van der Waals surface area contributed by atoms with Crippen LogP contribution in [0.3, 0.4) is 0 Å². The van der Waals surface area contributed by atoms with E-state index in [-0.39, 0.29) is 43.7 Å². The number of primary amides is 1. The van der Waals surface area contributed by atoms with Gasteiger partial charge >= 0.3 is 13.8 Å². The standard InChI is InChI=1S/C34H51FN7O15PS/c1-17(2)15-22(33(51)52)39-31(49)24-5-4-13-42(24)32(50)26(34(53)57-58(54,55)56)41-30(48)23(16-43)40-28(46)20(10-11-25(36)44)38-29(47)21(12-14-59-3)37-27(45)18-6-8-19(35)9-7-18/h6-9,17,20-24,26,34,43,53H,4-5,10-16H2,1-3H3,(H2,36,44)(H,37,45)(H,38,47)(H,39,49)(H,40,46)(H,41,48)(H,51,52)(H2,54,55,56)/t20-,21-,22-,23-,24-,26+,34?/m0/s1/i35-1. The van der Waals surface area contributed by atoms with Gasteiger partial charge in [0.15, 0.2) is 12.3 Å². The number of carbonyl (C=O) groups excluding carboxylic acids is 7. The normalized spacial score (nSPS) is 17.1. The minimum atomic E-state index is -5.56. The molecule has 1 saturated heterocycles. The Hall–Kier alpha value is -4.71. The Kier molecular flexibility index (Phi) is 20.3. The number of nitrogens with two attached hydrogens (primary N) is 1.